The summed E-state index contributed by atoms with van der Waals surface area (Å²) >= 11 is 1.75. The third-order valence-corrected chi connectivity index (χ3v) is 4.57. The van der Waals surface area contributed by atoms with Crippen LogP contribution < -0.4 is 5.32 Å². The molecule has 1 unspecified atom stereocenters. The fourth-order valence-corrected chi connectivity index (χ4v) is 3.40. The van der Waals surface area contributed by atoms with E-state index in [1.807, 2.05) is 11.6 Å². The van der Waals surface area contributed by atoms with Gasteiger partial charge in [-0.1, -0.05) is 0 Å². The Labute approximate surface area is 123 Å². The Balaban J connectivity index is 1.58. The Morgan fingerprint density at radius 2 is 2.40 bits per heavy atom. The maximum Gasteiger partial charge on any atom is 0.129 e. The minimum atomic E-state index is 0.465. The quantitative estimate of drug-likeness (QED) is 0.936. The SMILES string of the molecule is Cc1ncsc1CN1CCCC(Nc2ccncn2)C1. The molecule has 2 aromatic rings. The van der Waals surface area contributed by atoms with Crippen LogP contribution in [-0.4, -0.2) is 39.0 Å². The van der Waals surface area contributed by atoms with Gasteiger partial charge in [0.25, 0.3) is 0 Å². The zero-order valence-corrected chi connectivity index (χ0v) is 12.4. The van der Waals surface area contributed by atoms with Crippen molar-refractivity contribution in [2.45, 2.75) is 32.4 Å². The van der Waals surface area contributed by atoms with Crippen LogP contribution in [0, 0.1) is 6.92 Å². The molecule has 0 radical (unpaired) electrons. The standard InChI is InChI=1S/C14H19N5S/c1-11-13(20-10-17-11)8-19-6-2-3-12(7-19)18-14-4-5-15-9-16-14/h4-5,9-10,12H,2-3,6-8H2,1H3,(H,15,16,18). The summed E-state index contributed by atoms with van der Waals surface area (Å²) in [6, 6.07) is 2.39. The number of piperidine rings is 1. The predicted molar refractivity (Wildman–Crippen MR) is 80.8 cm³/mol. The molecule has 0 aliphatic carbocycles. The lowest BCUT2D eigenvalue weighted by atomic mass is 10.1. The van der Waals surface area contributed by atoms with Crippen LogP contribution in [0.15, 0.2) is 24.1 Å². The molecule has 6 heteroatoms. The molecule has 1 aliphatic heterocycles. The Kier molecular flexibility index (Phi) is 4.22. The van der Waals surface area contributed by atoms with Gasteiger partial charge < -0.3 is 5.32 Å². The second-order valence-corrected chi connectivity index (χ2v) is 6.11. The zero-order valence-electron chi connectivity index (χ0n) is 11.6. The number of hydrogen-bond donors (Lipinski definition) is 1. The van der Waals surface area contributed by atoms with Crippen LogP contribution in [0.5, 0.6) is 0 Å². The highest BCUT2D eigenvalue weighted by Gasteiger charge is 2.21. The number of nitrogens with zero attached hydrogens (tertiary/aromatic N) is 4. The largest absolute Gasteiger partial charge is 0.366 e. The van der Waals surface area contributed by atoms with Crippen molar-refractivity contribution in [3.63, 3.8) is 0 Å². The second-order valence-electron chi connectivity index (χ2n) is 5.17. The van der Waals surface area contributed by atoms with Crippen molar-refractivity contribution >= 4 is 17.2 Å². The lowest BCUT2D eigenvalue weighted by Crippen LogP contribution is -2.41. The summed E-state index contributed by atoms with van der Waals surface area (Å²) < 4.78 is 0. The average Bonchev–Trinajstić information content (AvgIpc) is 2.86. The average molecular weight is 289 g/mol. The maximum absolute atomic E-state index is 4.33. The van der Waals surface area contributed by atoms with Crippen molar-refractivity contribution in [1.29, 1.82) is 0 Å². The van der Waals surface area contributed by atoms with Crippen LogP contribution >= 0.6 is 11.3 Å². The molecule has 1 saturated heterocycles. The first-order chi connectivity index (χ1) is 9.81. The van der Waals surface area contributed by atoms with Crippen LogP contribution in [0.4, 0.5) is 5.82 Å². The highest BCUT2D eigenvalue weighted by Crippen LogP contribution is 2.20. The molecule has 5 nitrogen and oxygen atoms in total. The molecule has 106 valence electrons. The molecule has 0 spiro atoms. The van der Waals surface area contributed by atoms with E-state index >= 15 is 0 Å². The van der Waals surface area contributed by atoms with Gasteiger partial charge in [0.1, 0.15) is 12.1 Å². The Morgan fingerprint density at radius 3 is 3.15 bits per heavy atom. The second kappa shape index (κ2) is 6.28. The molecule has 3 rings (SSSR count). The molecule has 0 saturated carbocycles. The molecule has 3 heterocycles. The number of aromatic nitrogens is 3. The summed E-state index contributed by atoms with van der Waals surface area (Å²) in [5.74, 6) is 0.917. The molecule has 0 bridgehead atoms. The topological polar surface area (TPSA) is 53.9 Å². The molecule has 20 heavy (non-hydrogen) atoms. The normalized spacial score (nSPS) is 19.9. The van der Waals surface area contributed by atoms with Crippen LogP contribution in [0.3, 0.4) is 0 Å². The fraction of sp³-hybridized carbons (Fsp3) is 0.500. The summed E-state index contributed by atoms with van der Waals surface area (Å²) in [6.45, 7) is 5.32. The number of anilines is 1. The third kappa shape index (κ3) is 3.32. The van der Waals surface area contributed by atoms with E-state index in [9.17, 15) is 0 Å². The third-order valence-electron chi connectivity index (χ3n) is 3.65. The highest BCUT2D eigenvalue weighted by atomic mass is 32.1. The number of nitrogens with one attached hydrogen (secondary N) is 1. The van der Waals surface area contributed by atoms with E-state index in [4.69, 9.17) is 0 Å². The van der Waals surface area contributed by atoms with E-state index < -0.39 is 0 Å². The van der Waals surface area contributed by atoms with Gasteiger partial charge in [-0.25, -0.2) is 15.0 Å². The van der Waals surface area contributed by atoms with Crippen molar-refractivity contribution in [1.82, 2.24) is 19.9 Å². The van der Waals surface area contributed by atoms with E-state index in [1.165, 1.54) is 30.0 Å². The lowest BCUT2D eigenvalue weighted by molar-refractivity contribution is 0.209. The number of hydrogen-bond acceptors (Lipinski definition) is 6. The number of rotatable bonds is 4. The van der Waals surface area contributed by atoms with Crippen molar-refractivity contribution in [3.8, 4) is 0 Å². The van der Waals surface area contributed by atoms with Crippen LogP contribution in [-0.2, 0) is 6.54 Å². The first kappa shape index (κ1) is 13.5. The number of likely N-dealkylation sites (tertiary alicyclic amines) is 1. The number of aryl methyl sites for hydroxylation is 1. The van der Waals surface area contributed by atoms with Gasteiger partial charge >= 0.3 is 0 Å². The van der Waals surface area contributed by atoms with Crippen molar-refractivity contribution in [2.75, 3.05) is 18.4 Å². The van der Waals surface area contributed by atoms with Crippen LogP contribution in [0.25, 0.3) is 0 Å². The summed E-state index contributed by atoms with van der Waals surface area (Å²) in [7, 11) is 0. The van der Waals surface area contributed by atoms with Gasteiger partial charge in [0.15, 0.2) is 0 Å². The first-order valence-corrected chi connectivity index (χ1v) is 7.83. The van der Waals surface area contributed by atoms with Crippen molar-refractivity contribution in [3.05, 3.63) is 34.7 Å². The van der Waals surface area contributed by atoms with E-state index in [0.717, 1.165) is 18.9 Å². The highest BCUT2D eigenvalue weighted by molar-refractivity contribution is 7.09. The van der Waals surface area contributed by atoms with Gasteiger partial charge in [0.05, 0.1) is 11.2 Å². The summed E-state index contributed by atoms with van der Waals surface area (Å²) in [5, 5.41) is 3.50. The summed E-state index contributed by atoms with van der Waals surface area (Å²) in [5.41, 5.74) is 3.10. The van der Waals surface area contributed by atoms with Crippen LogP contribution in [0.1, 0.15) is 23.4 Å². The molecule has 2 aromatic heterocycles. The first-order valence-electron chi connectivity index (χ1n) is 6.95. The summed E-state index contributed by atoms with van der Waals surface area (Å²) in [4.78, 5) is 16.4. The molecule has 0 aromatic carbocycles. The van der Waals surface area contributed by atoms with E-state index in [1.54, 1.807) is 23.9 Å². The molecule has 0 amide bonds. The Morgan fingerprint density at radius 1 is 1.45 bits per heavy atom. The van der Waals surface area contributed by atoms with Crippen molar-refractivity contribution < 1.29 is 0 Å². The minimum Gasteiger partial charge on any atom is -0.366 e. The van der Waals surface area contributed by atoms with Gasteiger partial charge in [-0.15, -0.1) is 11.3 Å². The minimum absolute atomic E-state index is 0.465. The maximum atomic E-state index is 4.33. The van der Waals surface area contributed by atoms with Gasteiger partial charge in [0.2, 0.25) is 0 Å². The lowest BCUT2D eigenvalue weighted by Gasteiger charge is -2.33. The smallest absolute Gasteiger partial charge is 0.129 e. The number of thiazole rings is 1. The molecule has 1 aliphatic rings. The Bertz CT molecular complexity index is 542. The van der Waals surface area contributed by atoms with Gasteiger partial charge in [-0.05, 0) is 32.4 Å². The molecule has 1 atom stereocenters. The fourth-order valence-electron chi connectivity index (χ4n) is 2.58. The predicted octanol–water partition coefficient (Wildman–Crippen LogP) is 2.32. The van der Waals surface area contributed by atoms with Gasteiger partial charge in [-0.2, -0.15) is 0 Å². The van der Waals surface area contributed by atoms with E-state index in [-0.39, 0.29) is 0 Å². The van der Waals surface area contributed by atoms with E-state index in [0.29, 0.717) is 6.04 Å². The van der Waals surface area contributed by atoms with Crippen molar-refractivity contribution in [2.24, 2.45) is 0 Å². The van der Waals surface area contributed by atoms with E-state index in [2.05, 4.69) is 32.1 Å². The van der Waals surface area contributed by atoms with Gasteiger partial charge in [0, 0.05) is 30.2 Å². The molecular formula is C14H19N5S. The Hall–Kier alpha value is -1.53. The molecular weight excluding hydrogens is 270 g/mol. The zero-order chi connectivity index (χ0) is 13.8. The molecule has 1 fully saturated rings. The van der Waals surface area contributed by atoms with Gasteiger partial charge in [-0.3, -0.25) is 4.90 Å². The monoisotopic (exact) mass is 289 g/mol. The van der Waals surface area contributed by atoms with Crippen LogP contribution in [0.2, 0.25) is 0 Å². The molecule has 1 N–H and O–H groups in total. The summed E-state index contributed by atoms with van der Waals surface area (Å²) in [6.07, 6.45) is 5.78.